The van der Waals surface area contributed by atoms with E-state index in [9.17, 15) is 13.2 Å². The van der Waals surface area contributed by atoms with Gasteiger partial charge in [0.1, 0.15) is 6.54 Å². The molecule has 1 aromatic heterocycles. The van der Waals surface area contributed by atoms with Crippen LogP contribution in [0.2, 0.25) is 0 Å². The van der Waals surface area contributed by atoms with Crippen LogP contribution in [0.4, 0.5) is 5.69 Å². The van der Waals surface area contributed by atoms with E-state index in [4.69, 9.17) is 9.47 Å². The first-order chi connectivity index (χ1) is 20.3. The van der Waals surface area contributed by atoms with E-state index in [1.807, 2.05) is 39.8 Å². The van der Waals surface area contributed by atoms with E-state index in [2.05, 4.69) is 47.1 Å². The molecular weight excluding hydrogens is 564 g/mol. The summed E-state index contributed by atoms with van der Waals surface area (Å²) in [7, 11) is -1.28. The van der Waals surface area contributed by atoms with Gasteiger partial charge in [0, 0.05) is 28.7 Å². The number of hydrazone groups is 1. The smallest absolute Gasteiger partial charge is 0.264 e. The van der Waals surface area contributed by atoms with Crippen molar-refractivity contribution in [3.05, 3.63) is 99.9 Å². The minimum atomic E-state index is -4.18. The monoisotopic (exact) mass is 602 g/mol. The lowest BCUT2D eigenvalue weighted by Crippen LogP contribution is -2.39. The third-order valence-corrected chi connectivity index (χ3v) is 8.82. The summed E-state index contributed by atoms with van der Waals surface area (Å²) in [6, 6.07) is 18.1. The van der Waals surface area contributed by atoms with Crippen LogP contribution in [0, 0.1) is 41.5 Å². The normalized spacial score (nSPS) is 11.5. The van der Waals surface area contributed by atoms with E-state index in [0.29, 0.717) is 11.4 Å². The molecule has 0 bridgehead atoms. The van der Waals surface area contributed by atoms with Crippen molar-refractivity contribution in [2.24, 2.45) is 5.10 Å². The zero-order valence-corrected chi connectivity index (χ0v) is 26.7. The van der Waals surface area contributed by atoms with Crippen molar-refractivity contribution in [2.75, 3.05) is 25.1 Å². The fourth-order valence-corrected chi connectivity index (χ4v) is 6.67. The number of hydrogen-bond acceptors (Lipinski definition) is 6. The molecule has 226 valence electrons. The van der Waals surface area contributed by atoms with Crippen molar-refractivity contribution in [1.82, 2.24) is 9.99 Å². The van der Waals surface area contributed by atoms with Gasteiger partial charge in [-0.25, -0.2) is 13.8 Å². The van der Waals surface area contributed by atoms with E-state index in [1.54, 1.807) is 18.3 Å². The van der Waals surface area contributed by atoms with Crippen molar-refractivity contribution in [3.63, 3.8) is 0 Å². The Morgan fingerprint density at radius 1 is 0.837 bits per heavy atom. The van der Waals surface area contributed by atoms with Gasteiger partial charge in [0.25, 0.3) is 15.9 Å². The fraction of sp³-hybridized carbons (Fsp3) is 0.273. The highest BCUT2D eigenvalue weighted by Crippen LogP contribution is 2.32. The average molecular weight is 603 g/mol. The van der Waals surface area contributed by atoms with Crippen LogP contribution in [0.25, 0.3) is 5.69 Å². The Morgan fingerprint density at radius 3 is 2.00 bits per heavy atom. The lowest BCUT2D eigenvalue weighted by atomic mass is 10.1. The Kier molecular flexibility index (Phi) is 9.30. The van der Waals surface area contributed by atoms with Crippen LogP contribution in [0.15, 0.2) is 70.7 Å². The van der Waals surface area contributed by atoms with Gasteiger partial charge in [-0.2, -0.15) is 5.10 Å². The molecule has 9 nitrogen and oxygen atoms in total. The number of carbonyl (C=O) groups is 1. The van der Waals surface area contributed by atoms with E-state index >= 15 is 0 Å². The number of benzene rings is 3. The topological polar surface area (TPSA) is 102 Å². The maximum atomic E-state index is 13.9. The molecule has 0 aliphatic carbocycles. The maximum Gasteiger partial charge on any atom is 0.264 e. The molecule has 0 spiro atoms. The number of anilines is 1. The second-order valence-corrected chi connectivity index (χ2v) is 12.5. The SMILES string of the molecule is COc1ccc(S(=O)(=O)N(CC(=O)N/N=C/c2cc(C)n(-c3cc(C)cc(C)c3)c2C)c2cc(C)cc(C)c2)cc1OC. The average Bonchev–Trinajstić information content (AvgIpc) is 3.22. The largest absolute Gasteiger partial charge is 0.493 e. The molecule has 1 heterocycles. The van der Waals surface area contributed by atoms with Gasteiger partial charge in [0.2, 0.25) is 0 Å². The number of aryl methyl sites for hydroxylation is 5. The predicted molar refractivity (Wildman–Crippen MR) is 170 cm³/mol. The number of rotatable bonds is 10. The Labute approximate surface area is 253 Å². The van der Waals surface area contributed by atoms with E-state index < -0.39 is 22.5 Å². The van der Waals surface area contributed by atoms with Gasteiger partial charge in [-0.05, 0) is 106 Å². The third kappa shape index (κ3) is 6.91. The Balaban J connectivity index is 1.62. The number of ether oxygens (including phenoxy) is 2. The Morgan fingerprint density at radius 2 is 1.42 bits per heavy atom. The van der Waals surface area contributed by atoms with Crippen LogP contribution in [-0.4, -0.2) is 45.9 Å². The summed E-state index contributed by atoms with van der Waals surface area (Å²) in [4.78, 5) is 13.1. The molecule has 1 N–H and O–H groups in total. The molecule has 0 atom stereocenters. The van der Waals surface area contributed by atoms with E-state index in [0.717, 1.165) is 38.1 Å². The van der Waals surface area contributed by atoms with Gasteiger partial charge in [0.05, 0.1) is 31.0 Å². The first kappa shape index (κ1) is 31.4. The summed E-state index contributed by atoms with van der Waals surface area (Å²) in [5.74, 6) is 0.0578. The van der Waals surface area contributed by atoms with Gasteiger partial charge in [-0.1, -0.05) is 12.1 Å². The molecule has 0 unspecified atom stereocenters. The van der Waals surface area contributed by atoms with E-state index in [1.165, 1.54) is 43.5 Å². The molecule has 0 aliphatic rings. The Bertz CT molecular complexity index is 1770. The molecule has 0 fully saturated rings. The quantitative estimate of drug-likeness (QED) is 0.186. The van der Waals surface area contributed by atoms with Gasteiger partial charge in [-0.15, -0.1) is 0 Å². The number of nitrogens with one attached hydrogen (secondary N) is 1. The summed E-state index contributed by atoms with van der Waals surface area (Å²) in [6.07, 6.45) is 1.57. The number of nitrogens with zero attached hydrogens (tertiary/aromatic N) is 3. The van der Waals surface area contributed by atoms with Gasteiger partial charge in [0.15, 0.2) is 11.5 Å². The van der Waals surface area contributed by atoms with Crippen LogP contribution < -0.4 is 19.2 Å². The highest BCUT2D eigenvalue weighted by molar-refractivity contribution is 7.92. The van der Waals surface area contributed by atoms with Crippen molar-refractivity contribution < 1.29 is 22.7 Å². The molecule has 0 saturated heterocycles. The predicted octanol–water partition coefficient (Wildman–Crippen LogP) is 5.69. The van der Waals surface area contributed by atoms with Crippen molar-refractivity contribution in [1.29, 1.82) is 0 Å². The van der Waals surface area contributed by atoms with Crippen molar-refractivity contribution >= 4 is 27.8 Å². The minimum absolute atomic E-state index is 0.0422. The molecule has 4 rings (SSSR count). The molecule has 0 saturated carbocycles. The first-order valence-electron chi connectivity index (χ1n) is 13.8. The highest BCUT2D eigenvalue weighted by Gasteiger charge is 2.29. The number of aromatic nitrogens is 1. The number of amides is 1. The second-order valence-electron chi connectivity index (χ2n) is 10.7. The van der Waals surface area contributed by atoms with Crippen LogP contribution >= 0.6 is 0 Å². The number of carbonyl (C=O) groups excluding carboxylic acids is 1. The summed E-state index contributed by atoms with van der Waals surface area (Å²) in [5, 5.41) is 4.18. The van der Waals surface area contributed by atoms with E-state index in [-0.39, 0.29) is 10.6 Å². The molecule has 10 heteroatoms. The van der Waals surface area contributed by atoms with Gasteiger partial charge >= 0.3 is 0 Å². The molecule has 1 amide bonds. The first-order valence-corrected chi connectivity index (χ1v) is 15.2. The second kappa shape index (κ2) is 12.7. The van der Waals surface area contributed by atoms with Crippen molar-refractivity contribution in [3.8, 4) is 17.2 Å². The molecule has 0 radical (unpaired) electrons. The summed E-state index contributed by atoms with van der Waals surface area (Å²) < 4.78 is 41.7. The number of sulfonamides is 1. The molecule has 3 aromatic carbocycles. The van der Waals surface area contributed by atoms with Crippen LogP contribution in [0.3, 0.4) is 0 Å². The van der Waals surface area contributed by atoms with Crippen LogP contribution in [-0.2, 0) is 14.8 Å². The summed E-state index contributed by atoms with van der Waals surface area (Å²) in [6.45, 7) is 11.4. The van der Waals surface area contributed by atoms with Crippen molar-refractivity contribution in [2.45, 2.75) is 46.4 Å². The van der Waals surface area contributed by atoms with Gasteiger partial charge < -0.3 is 14.0 Å². The molecule has 0 aliphatic heterocycles. The summed E-state index contributed by atoms with van der Waals surface area (Å²) in [5.41, 5.74) is 10.8. The third-order valence-electron chi connectivity index (χ3n) is 7.05. The van der Waals surface area contributed by atoms with Crippen LogP contribution in [0.5, 0.6) is 11.5 Å². The number of hydrogen-bond donors (Lipinski definition) is 1. The fourth-order valence-electron chi connectivity index (χ4n) is 5.25. The molecular formula is C33H38N4O5S. The lowest BCUT2D eigenvalue weighted by molar-refractivity contribution is -0.119. The molecule has 4 aromatic rings. The zero-order valence-electron chi connectivity index (χ0n) is 25.8. The number of methoxy groups -OCH3 is 2. The zero-order chi connectivity index (χ0) is 31.5. The maximum absolute atomic E-state index is 13.9. The lowest BCUT2D eigenvalue weighted by Gasteiger charge is -2.25. The van der Waals surface area contributed by atoms with Crippen LogP contribution in [0.1, 0.15) is 39.2 Å². The molecule has 43 heavy (non-hydrogen) atoms. The highest BCUT2D eigenvalue weighted by atomic mass is 32.2. The van der Waals surface area contributed by atoms with Gasteiger partial charge in [-0.3, -0.25) is 9.10 Å². The standard InChI is InChI=1S/C33H38N4O5S/c1-21-11-22(2)14-28(13-21)36(43(39,40)30-9-10-31(41-7)32(18-30)42-8)20-33(38)35-34-19-27-17-25(5)37(26(27)6)29-15-23(3)12-24(4)16-29/h9-19H,20H2,1-8H3,(H,35,38)/b34-19+. The summed E-state index contributed by atoms with van der Waals surface area (Å²) >= 11 is 0. The Hall–Kier alpha value is -4.57. The minimum Gasteiger partial charge on any atom is -0.493 e.